The standard InChI is InChI=1S/C19H11BrN6OS/c20-12-4-3-5-13(8-12)26-10-16(24-25-26)18(27)14(9-21)19-23-17(11-28-19)15-6-1-2-7-22-15/h1-8,10-11,14H/t14-/m1/s1. The van der Waals surface area contributed by atoms with Gasteiger partial charge in [-0.2, -0.15) is 5.26 Å². The van der Waals surface area contributed by atoms with Crippen LogP contribution in [0.25, 0.3) is 17.1 Å². The number of rotatable bonds is 5. The van der Waals surface area contributed by atoms with Gasteiger partial charge in [-0.3, -0.25) is 9.78 Å². The van der Waals surface area contributed by atoms with Crippen LogP contribution in [0.4, 0.5) is 0 Å². The van der Waals surface area contributed by atoms with Crippen molar-refractivity contribution in [3.8, 4) is 23.1 Å². The number of aromatic nitrogens is 5. The Morgan fingerprint density at radius 1 is 1.21 bits per heavy atom. The van der Waals surface area contributed by atoms with E-state index in [2.05, 4.69) is 36.2 Å². The fraction of sp³-hybridized carbons (Fsp3) is 0.0526. The van der Waals surface area contributed by atoms with Crippen LogP contribution in [-0.4, -0.2) is 30.7 Å². The van der Waals surface area contributed by atoms with Gasteiger partial charge in [-0.15, -0.1) is 16.4 Å². The topological polar surface area (TPSA) is 97.3 Å². The summed E-state index contributed by atoms with van der Waals surface area (Å²) in [6.45, 7) is 0. The Morgan fingerprint density at radius 2 is 2.11 bits per heavy atom. The van der Waals surface area contributed by atoms with E-state index in [-0.39, 0.29) is 5.69 Å². The summed E-state index contributed by atoms with van der Waals surface area (Å²) in [6.07, 6.45) is 3.18. The molecule has 0 N–H and O–H groups in total. The van der Waals surface area contributed by atoms with Crippen molar-refractivity contribution in [3.63, 3.8) is 0 Å². The van der Waals surface area contributed by atoms with E-state index in [1.54, 1.807) is 11.6 Å². The molecule has 136 valence electrons. The molecule has 0 bridgehead atoms. The zero-order chi connectivity index (χ0) is 19.5. The number of benzene rings is 1. The second-order valence-electron chi connectivity index (χ2n) is 5.74. The molecule has 0 spiro atoms. The number of Topliss-reactive ketones (excluding diaryl/α,β-unsaturated/α-hetero) is 1. The lowest BCUT2D eigenvalue weighted by molar-refractivity contribution is 0.0974. The molecule has 0 saturated heterocycles. The Morgan fingerprint density at radius 3 is 2.86 bits per heavy atom. The lowest BCUT2D eigenvalue weighted by atomic mass is 10.0. The van der Waals surface area contributed by atoms with Crippen molar-refractivity contribution in [1.29, 1.82) is 5.26 Å². The van der Waals surface area contributed by atoms with Crippen LogP contribution >= 0.6 is 27.3 Å². The van der Waals surface area contributed by atoms with Gasteiger partial charge in [-0.1, -0.05) is 33.3 Å². The molecule has 4 rings (SSSR count). The number of carbonyl (C=O) groups excluding carboxylic acids is 1. The first-order valence-electron chi connectivity index (χ1n) is 8.14. The van der Waals surface area contributed by atoms with Crippen LogP contribution in [0, 0.1) is 11.3 Å². The molecule has 1 atom stereocenters. The molecule has 0 saturated carbocycles. The fourth-order valence-corrected chi connectivity index (χ4v) is 3.79. The third-order valence-electron chi connectivity index (χ3n) is 3.91. The highest BCUT2D eigenvalue weighted by Gasteiger charge is 2.27. The van der Waals surface area contributed by atoms with Gasteiger partial charge < -0.3 is 0 Å². The Labute approximate surface area is 172 Å². The molecule has 9 heteroatoms. The summed E-state index contributed by atoms with van der Waals surface area (Å²) in [5.41, 5.74) is 2.18. The molecule has 4 aromatic rings. The highest BCUT2D eigenvalue weighted by atomic mass is 79.9. The number of carbonyl (C=O) groups is 1. The SMILES string of the molecule is N#C[C@H](C(=O)c1cn(-c2cccc(Br)c2)nn1)c1nc(-c2ccccn2)cs1. The molecular formula is C19H11BrN6OS. The zero-order valence-electron chi connectivity index (χ0n) is 14.2. The molecule has 0 fully saturated rings. The number of ketones is 1. The van der Waals surface area contributed by atoms with Crippen molar-refractivity contribution in [2.75, 3.05) is 0 Å². The van der Waals surface area contributed by atoms with Crippen LogP contribution in [-0.2, 0) is 0 Å². The first kappa shape index (κ1) is 18.2. The monoisotopic (exact) mass is 450 g/mol. The predicted molar refractivity (Wildman–Crippen MR) is 107 cm³/mol. The summed E-state index contributed by atoms with van der Waals surface area (Å²) >= 11 is 4.65. The van der Waals surface area contributed by atoms with Gasteiger partial charge in [-0.25, -0.2) is 9.67 Å². The van der Waals surface area contributed by atoms with Gasteiger partial charge in [0.2, 0.25) is 5.78 Å². The number of halogens is 1. The van der Waals surface area contributed by atoms with Gasteiger partial charge in [-0.05, 0) is 30.3 Å². The van der Waals surface area contributed by atoms with Crippen LogP contribution in [0.15, 0.2) is 64.7 Å². The minimum Gasteiger partial charge on any atom is -0.290 e. The third-order valence-corrected chi connectivity index (χ3v) is 5.31. The minimum absolute atomic E-state index is 0.112. The van der Waals surface area contributed by atoms with E-state index >= 15 is 0 Å². The average Bonchev–Trinajstić information content (AvgIpc) is 3.39. The van der Waals surface area contributed by atoms with Crippen molar-refractivity contribution in [2.24, 2.45) is 0 Å². The summed E-state index contributed by atoms with van der Waals surface area (Å²) in [7, 11) is 0. The van der Waals surface area contributed by atoms with Crippen molar-refractivity contribution >= 4 is 33.0 Å². The van der Waals surface area contributed by atoms with E-state index in [1.165, 1.54) is 22.2 Å². The summed E-state index contributed by atoms with van der Waals surface area (Å²) in [4.78, 5) is 21.5. The molecule has 28 heavy (non-hydrogen) atoms. The Kier molecular flexibility index (Phi) is 5.06. The number of pyridine rings is 1. The molecule has 0 aliphatic carbocycles. The van der Waals surface area contributed by atoms with Crippen LogP contribution in [0.1, 0.15) is 21.4 Å². The minimum atomic E-state index is -1.05. The summed E-state index contributed by atoms with van der Waals surface area (Å²) in [6, 6.07) is 15.0. The first-order valence-corrected chi connectivity index (χ1v) is 9.82. The van der Waals surface area contributed by atoms with E-state index < -0.39 is 11.7 Å². The summed E-state index contributed by atoms with van der Waals surface area (Å²) in [5, 5.41) is 19.7. The number of nitriles is 1. The maximum Gasteiger partial charge on any atom is 0.208 e. The molecule has 0 radical (unpaired) electrons. The molecule has 0 aliphatic heterocycles. The molecule has 7 nitrogen and oxygen atoms in total. The van der Waals surface area contributed by atoms with E-state index in [0.717, 1.165) is 10.2 Å². The summed E-state index contributed by atoms with van der Waals surface area (Å²) < 4.78 is 2.38. The third kappa shape index (κ3) is 3.60. The molecule has 1 aromatic carbocycles. The molecule has 3 aromatic heterocycles. The normalized spacial score (nSPS) is 11.7. The number of hydrogen-bond acceptors (Lipinski definition) is 7. The zero-order valence-corrected chi connectivity index (χ0v) is 16.6. The van der Waals surface area contributed by atoms with E-state index in [0.29, 0.717) is 16.4 Å². The van der Waals surface area contributed by atoms with Gasteiger partial charge in [0.05, 0.1) is 29.3 Å². The lowest BCUT2D eigenvalue weighted by Crippen LogP contribution is -2.11. The maximum atomic E-state index is 12.8. The van der Waals surface area contributed by atoms with E-state index in [4.69, 9.17) is 0 Å². The molecule has 0 aliphatic rings. The smallest absolute Gasteiger partial charge is 0.208 e. The lowest BCUT2D eigenvalue weighted by Gasteiger charge is -2.02. The second-order valence-corrected chi connectivity index (χ2v) is 7.55. The van der Waals surface area contributed by atoms with Crippen molar-refractivity contribution < 1.29 is 4.79 Å². The quantitative estimate of drug-likeness (QED) is 0.425. The van der Waals surface area contributed by atoms with Crippen LogP contribution in [0.5, 0.6) is 0 Å². The second kappa shape index (κ2) is 7.80. The van der Waals surface area contributed by atoms with Gasteiger partial charge in [0.25, 0.3) is 0 Å². The maximum absolute atomic E-state index is 12.8. The van der Waals surface area contributed by atoms with Gasteiger partial charge in [0.15, 0.2) is 11.6 Å². The van der Waals surface area contributed by atoms with E-state index in [9.17, 15) is 10.1 Å². The van der Waals surface area contributed by atoms with Crippen LogP contribution < -0.4 is 0 Å². The van der Waals surface area contributed by atoms with Gasteiger partial charge >= 0.3 is 0 Å². The van der Waals surface area contributed by atoms with E-state index in [1.807, 2.05) is 48.5 Å². The fourth-order valence-electron chi connectivity index (χ4n) is 2.55. The van der Waals surface area contributed by atoms with Crippen molar-refractivity contribution in [2.45, 2.75) is 5.92 Å². The highest BCUT2D eigenvalue weighted by molar-refractivity contribution is 9.10. The number of hydrogen-bond donors (Lipinski definition) is 0. The largest absolute Gasteiger partial charge is 0.290 e. The molecule has 3 heterocycles. The molecule has 0 unspecified atom stereocenters. The number of nitrogens with zero attached hydrogens (tertiary/aromatic N) is 6. The highest BCUT2D eigenvalue weighted by Crippen LogP contribution is 2.27. The Hall–Kier alpha value is -3.22. The Bertz CT molecular complexity index is 1180. The van der Waals surface area contributed by atoms with Crippen molar-refractivity contribution in [3.05, 3.63) is 75.4 Å². The molecule has 0 amide bonds. The summed E-state index contributed by atoms with van der Waals surface area (Å²) in [5.74, 6) is -1.49. The Balaban J connectivity index is 1.60. The van der Waals surface area contributed by atoms with Crippen molar-refractivity contribution in [1.82, 2.24) is 25.0 Å². The first-order chi connectivity index (χ1) is 13.7. The van der Waals surface area contributed by atoms with Crippen LogP contribution in [0.3, 0.4) is 0 Å². The van der Waals surface area contributed by atoms with Crippen LogP contribution in [0.2, 0.25) is 0 Å². The predicted octanol–water partition coefficient (Wildman–Crippen LogP) is 4.04. The van der Waals surface area contributed by atoms with Gasteiger partial charge in [0.1, 0.15) is 5.01 Å². The average molecular weight is 451 g/mol. The number of thiazole rings is 1. The van der Waals surface area contributed by atoms with Gasteiger partial charge in [0, 0.05) is 16.0 Å². The molecular weight excluding hydrogens is 440 g/mol.